The number of nitrogens with zero attached hydrogens (tertiary/aromatic N) is 2. The first kappa shape index (κ1) is 18.4. The molecule has 0 bridgehead atoms. The SMILES string of the molecule is O=C(O)CCN1CCN(CCCc2ccccc2)[C@H]2CS(=O)(=O)C[C@H]21. The van der Waals surface area contributed by atoms with Crippen LogP contribution in [-0.2, 0) is 21.1 Å². The van der Waals surface area contributed by atoms with Crippen LogP contribution in [0, 0.1) is 0 Å². The van der Waals surface area contributed by atoms with E-state index in [4.69, 9.17) is 5.11 Å². The first-order chi connectivity index (χ1) is 11.9. The molecule has 25 heavy (non-hydrogen) atoms. The lowest BCUT2D eigenvalue weighted by Crippen LogP contribution is -2.59. The van der Waals surface area contributed by atoms with Gasteiger partial charge in [-0.2, -0.15) is 0 Å². The summed E-state index contributed by atoms with van der Waals surface area (Å²) in [5.41, 5.74) is 1.30. The topological polar surface area (TPSA) is 77.9 Å². The van der Waals surface area contributed by atoms with Gasteiger partial charge in [0.25, 0.3) is 0 Å². The average molecular weight is 366 g/mol. The van der Waals surface area contributed by atoms with E-state index >= 15 is 0 Å². The Bertz CT molecular complexity index is 692. The van der Waals surface area contributed by atoms with Gasteiger partial charge in [-0.05, 0) is 24.9 Å². The molecule has 2 heterocycles. The summed E-state index contributed by atoms with van der Waals surface area (Å²) in [6.45, 7) is 2.88. The molecule has 2 aliphatic heterocycles. The summed E-state index contributed by atoms with van der Waals surface area (Å²) >= 11 is 0. The van der Waals surface area contributed by atoms with Gasteiger partial charge in [0.2, 0.25) is 0 Å². The molecule has 3 rings (SSSR count). The molecule has 1 N–H and O–H groups in total. The van der Waals surface area contributed by atoms with Crippen LogP contribution in [0.3, 0.4) is 0 Å². The first-order valence-corrected chi connectivity index (χ1v) is 10.7. The van der Waals surface area contributed by atoms with Gasteiger partial charge in [0, 0.05) is 31.7 Å². The van der Waals surface area contributed by atoms with Crippen LogP contribution < -0.4 is 0 Å². The van der Waals surface area contributed by atoms with Crippen molar-refractivity contribution in [3.8, 4) is 0 Å². The highest BCUT2D eigenvalue weighted by atomic mass is 32.2. The number of fused-ring (bicyclic) bond motifs is 1. The maximum Gasteiger partial charge on any atom is 0.304 e. The molecule has 2 fully saturated rings. The van der Waals surface area contributed by atoms with E-state index in [0.29, 0.717) is 6.54 Å². The summed E-state index contributed by atoms with van der Waals surface area (Å²) in [5.74, 6) is -0.471. The minimum Gasteiger partial charge on any atom is -0.481 e. The molecule has 2 aliphatic rings. The molecule has 0 radical (unpaired) electrons. The Morgan fingerprint density at radius 2 is 1.64 bits per heavy atom. The summed E-state index contributed by atoms with van der Waals surface area (Å²) in [4.78, 5) is 15.2. The zero-order valence-electron chi connectivity index (χ0n) is 14.4. The average Bonchev–Trinajstić information content (AvgIpc) is 2.90. The minimum atomic E-state index is -3.04. The summed E-state index contributed by atoms with van der Waals surface area (Å²) in [6, 6.07) is 10.3. The van der Waals surface area contributed by atoms with E-state index in [1.165, 1.54) is 5.56 Å². The first-order valence-electron chi connectivity index (χ1n) is 8.89. The van der Waals surface area contributed by atoms with Crippen molar-refractivity contribution in [1.29, 1.82) is 0 Å². The maximum atomic E-state index is 12.2. The fourth-order valence-corrected chi connectivity index (χ4v) is 6.06. The van der Waals surface area contributed by atoms with E-state index in [1.54, 1.807) is 0 Å². The normalized spacial score (nSPS) is 26.4. The van der Waals surface area contributed by atoms with Crippen LogP contribution in [0.4, 0.5) is 0 Å². The van der Waals surface area contributed by atoms with E-state index in [-0.39, 0.29) is 30.0 Å². The van der Waals surface area contributed by atoms with Gasteiger partial charge in [-0.25, -0.2) is 8.42 Å². The Morgan fingerprint density at radius 1 is 1.04 bits per heavy atom. The van der Waals surface area contributed by atoms with Crippen LogP contribution in [0.25, 0.3) is 0 Å². The van der Waals surface area contributed by atoms with E-state index in [9.17, 15) is 13.2 Å². The quantitative estimate of drug-likeness (QED) is 0.772. The van der Waals surface area contributed by atoms with Gasteiger partial charge in [-0.3, -0.25) is 14.6 Å². The largest absolute Gasteiger partial charge is 0.481 e. The number of sulfone groups is 1. The lowest BCUT2D eigenvalue weighted by Gasteiger charge is -2.44. The number of hydrogen-bond acceptors (Lipinski definition) is 5. The van der Waals surface area contributed by atoms with Gasteiger partial charge >= 0.3 is 5.97 Å². The molecule has 0 aromatic heterocycles. The van der Waals surface area contributed by atoms with Crippen molar-refractivity contribution >= 4 is 15.8 Å². The number of piperazine rings is 1. The molecule has 138 valence electrons. The molecule has 7 heteroatoms. The van der Waals surface area contributed by atoms with Crippen molar-refractivity contribution in [2.45, 2.75) is 31.3 Å². The second kappa shape index (κ2) is 7.85. The van der Waals surface area contributed by atoms with Gasteiger partial charge in [0.05, 0.1) is 17.9 Å². The Morgan fingerprint density at radius 3 is 2.24 bits per heavy atom. The van der Waals surface area contributed by atoms with Crippen LogP contribution in [0.5, 0.6) is 0 Å². The zero-order chi connectivity index (χ0) is 17.9. The Hall–Kier alpha value is -1.44. The van der Waals surface area contributed by atoms with Gasteiger partial charge in [0.15, 0.2) is 9.84 Å². The van der Waals surface area contributed by atoms with Crippen molar-refractivity contribution in [2.75, 3.05) is 37.7 Å². The van der Waals surface area contributed by atoms with Gasteiger partial charge in [0.1, 0.15) is 0 Å². The molecule has 1 aromatic carbocycles. The number of carboxylic acid groups (broad SMARTS) is 1. The van der Waals surface area contributed by atoms with Crippen molar-refractivity contribution in [1.82, 2.24) is 9.80 Å². The van der Waals surface area contributed by atoms with Crippen molar-refractivity contribution in [3.05, 3.63) is 35.9 Å². The summed E-state index contributed by atoms with van der Waals surface area (Å²) in [5, 5.41) is 8.91. The molecule has 2 saturated heterocycles. The number of carboxylic acids is 1. The second-order valence-electron chi connectivity index (χ2n) is 7.02. The van der Waals surface area contributed by atoms with Crippen molar-refractivity contribution in [2.24, 2.45) is 0 Å². The van der Waals surface area contributed by atoms with Crippen molar-refractivity contribution < 1.29 is 18.3 Å². The molecular weight excluding hydrogens is 340 g/mol. The van der Waals surface area contributed by atoms with Gasteiger partial charge in [-0.15, -0.1) is 0 Å². The fourth-order valence-electron chi connectivity index (χ4n) is 4.02. The highest BCUT2D eigenvalue weighted by Gasteiger charge is 2.46. The van der Waals surface area contributed by atoms with E-state index in [2.05, 4.69) is 21.9 Å². The third-order valence-corrected chi connectivity index (χ3v) is 6.97. The van der Waals surface area contributed by atoms with E-state index in [1.807, 2.05) is 18.2 Å². The van der Waals surface area contributed by atoms with Crippen LogP contribution in [-0.4, -0.2) is 79.1 Å². The Kier molecular flexibility index (Phi) is 5.76. The predicted molar refractivity (Wildman–Crippen MR) is 96.4 cm³/mol. The van der Waals surface area contributed by atoms with E-state index in [0.717, 1.165) is 32.5 Å². The summed E-state index contributed by atoms with van der Waals surface area (Å²) in [7, 11) is -3.04. The molecule has 2 atom stereocenters. The molecular formula is C18H26N2O4S. The zero-order valence-corrected chi connectivity index (χ0v) is 15.2. The summed E-state index contributed by atoms with van der Waals surface area (Å²) < 4.78 is 24.3. The van der Waals surface area contributed by atoms with Gasteiger partial charge in [-0.1, -0.05) is 30.3 Å². The summed E-state index contributed by atoms with van der Waals surface area (Å²) in [6.07, 6.45) is 2.06. The number of aryl methyl sites for hydroxylation is 1. The molecule has 0 aliphatic carbocycles. The number of rotatable bonds is 7. The lowest BCUT2D eigenvalue weighted by atomic mass is 10.0. The minimum absolute atomic E-state index is 0.00307. The smallest absolute Gasteiger partial charge is 0.304 e. The molecule has 0 amide bonds. The maximum absolute atomic E-state index is 12.2. The third kappa shape index (κ3) is 4.80. The number of hydrogen-bond donors (Lipinski definition) is 1. The highest BCUT2D eigenvalue weighted by molar-refractivity contribution is 7.91. The van der Waals surface area contributed by atoms with Crippen LogP contribution in [0.2, 0.25) is 0 Å². The molecule has 0 saturated carbocycles. The Labute approximate surface area is 149 Å². The lowest BCUT2D eigenvalue weighted by molar-refractivity contribution is -0.137. The highest BCUT2D eigenvalue weighted by Crippen LogP contribution is 2.27. The number of aliphatic carboxylic acids is 1. The van der Waals surface area contributed by atoms with Gasteiger partial charge < -0.3 is 5.11 Å². The second-order valence-corrected chi connectivity index (χ2v) is 9.17. The monoisotopic (exact) mass is 366 g/mol. The molecule has 0 unspecified atom stereocenters. The molecule has 1 aromatic rings. The third-order valence-electron chi connectivity index (χ3n) is 5.27. The van der Waals surface area contributed by atoms with E-state index < -0.39 is 15.8 Å². The van der Waals surface area contributed by atoms with Crippen LogP contribution >= 0.6 is 0 Å². The number of benzene rings is 1. The molecule has 6 nitrogen and oxygen atoms in total. The fraction of sp³-hybridized carbons (Fsp3) is 0.611. The molecule has 0 spiro atoms. The van der Waals surface area contributed by atoms with Crippen LogP contribution in [0.1, 0.15) is 18.4 Å². The standard InChI is InChI=1S/C18H26N2O4S/c21-18(22)8-10-20-12-11-19(16-13-25(23,24)14-17(16)20)9-4-7-15-5-2-1-3-6-15/h1-3,5-6,16-17H,4,7-14H2,(H,21,22)/t16-,17+/m0/s1. The Balaban J connectivity index is 1.59. The van der Waals surface area contributed by atoms with Crippen molar-refractivity contribution in [3.63, 3.8) is 0 Å². The van der Waals surface area contributed by atoms with Crippen LogP contribution in [0.15, 0.2) is 30.3 Å². The predicted octanol–water partition coefficient (Wildman–Crippen LogP) is 0.877. The number of carbonyl (C=O) groups is 1.